The van der Waals surface area contributed by atoms with Gasteiger partial charge < -0.3 is 5.32 Å². The Hall–Kier alpha value is -1.58. The zero-order valence-corrected chi connectivity index (χ0v) is 14.3. The smallest absolute Gasteiger partial charge is 0.314 e. The fraction of sp³-hybridized carbons (Fsp3) is 0.412. The van der Waals surface area contributed by atoms with Crippen LogP contribution in [0.2, 0.25) is 0 Å². The van der Waals surface area contributed by atoms with Gasteiger partial charge in [-0.2, -0.15) is 37.7 Å². The van der Waals surface area contributed by atoms with Crippen LogP contribution in [0.5, 0.6) is 0 Å². The van der Waals surface area contributed by atoms with Crippen molar-refractivity contribution in [2.45, 2.75) is 18.4 Å². The molecule has 1 saturated heterocycles. The molecule has 1 aromatic carbocycles. The van der Waals surface area contributed by atoms with Crippen molar-refractivity contribution >= 4 is 11.3 Å². The monoisotopic (exact) mass is 394 g/mol. The predicted octanol–water partition coefficient (Wildman–Crippen LogP) is 4.78. The Balaban J connectivity index is 2.13. The minimum Gasteiger partial charge on any atom is -0.314 e. The van der Waals surface area contributed by atoms with E-state index >= 15 is 0 Å². The molecule has 1 fully saturated rings. The van der Waals surface area contributed by atoms with Gasteiger partial charge in [-0.25, -0.2) is 0 Å². The van der Waals surface area contributed by atoms with E-state index in [1.54, 1.807) is 16.8 Å². The summed E-state index contributed by atoms with van der Waals surface area (Å²) in [6.45, 7) is 2.34. The van der Waals surface area contributed by atoms with E-state index in [0.717, 1.165) is 12.1 Å². The Labute approximate surface area is 150 Å². The first kappa shape index (κ1) is 19.2. The van der Waals surface area contributed by atoms with E-state index in [4.69, 9.17) is 0 Å². The molecule has 1 aliphatic rings. The van der Waals surface area contributed by atoms with Gasteiger partial charge in [0.25, 0.3) is 0 Å². The van der Waals surface area contributed by atoms with Crippen molar-refractivity contribution in [1.29, 1.82) is 0 Å². The number of nitrogens with zero attached hydrogens (tertiary/aromatic N) is 1. The van der Waals surface area contributed by atoms with Gasteiger partial charge in [0.2, 0.25) is 0 Å². The Kier molecular flexibility index (Phi) is 5.32. The molecule has 0 bridgehead atoms. The molecule has 0 aliphatic carbocycles. The van der Waals surface area contributed by atoms with Gasteiger partial charge in [0, 0.05) is 26.2 Å². The lowest BCUT2D eigenvalue weighted by atomic mass is 9.94. The summed E-state index contributed by atoms with van der Waals surface area (Å²) in [5, 5.41) is 6.67. The largest absolute Gasteiger partial charge is 0.416 e. The van der Waals surface area contributed by atoms with Crippen LogP contribution in [-0.4, -0.2) is 31.1 Å². The number of piperazine rings is 1. The van der Waals surface area contributed by atoms with Crippen molar-refractivity contribution < 1.29 is 26.3 Å². The average Bonchev–Trinajstić information content (AvgIpc) is 3.08. The van der Waals surface area contributed by atoms with E-state index in [1.165, 1.54) is 11.3 Å². The van der Waals surface area contributed by atoms with Crippen LogP contribution < -0.4 is 5.32 Å². The highest BCUT2D eigenvalue weighted by molar-refractivity contribution is 7.08. The minimum atomic E-state index is -4.85. The van der Waals surface area contributed by atoms with Crippen molar-refractivity contribution in [3.63, 3.8) is 0 Å². The third-order valence-electron chi connectivity index (χ3n) is 4.30. The van der Waals surface area contributed by atoms with Crippen LogP contribution in [0.25, 0.3) is 0 Å². The highest BCUT2D eigenvalue weighted by atomic mass is 32.1. The maximum Gasteiger partial charge on any atom is 0.416 e. The summed E-state index contributed by atoms with van der Waals surface area (Å²) in [5.41, 5.74) is -1.85. The molecule has 1 atom stereocenters. The van der Waals surface area contributed by atoms with Gasteiger partial charge in [0.05, 0.1) is 17.2 Å². The van der Waals surface area contributed by atoms with Crippen LogP contribution in [0, 0.1) is 0 Å². The second-order valence-electron chi connectivity index (χ2n) is 6.08. The first-order valence-corrected chi connectivity index (χ1v) is 8.87. The van der Waals surface area contributed by atoms with Gasteiger partial charge in [0.15, 0.2) is 0 Å². The summed E-state index contributed by atoms with van der Waals surface area (Å²) in [4.78, 5) is 1.91. The Morgan fingerprint density at radius 2 is 1.46 bits per heavy atom. The maximum absolute atomic E-state index is 13.2. The number of hydrogen-bond donors (Lipinski definition) is 1. The molecule has 0 saturated carbocycles. The van der Waals surface area contributed by atoms with E-state index in [1.807, 2.05) is 4.90 Å². The highest BCUT2D eigenvalue weighted by Crippen LogP contribution is 2.40. The fourth-order valence-electron chi connectivity index (χ4n) is 3.12. The topological polar surface area (TPSA) is 15.3 Å². The van der Waals surface area contributed by atoms with Gasteiger partial charge in [-0.05, 0) is 46.2 Å². The third kappa shape index (κ3) is 4.21. The number of benzene rings is 1. The van der Waals surface area contributed by atoms with E-state index in [2.05, 4.69) is 5.32 Å². The second-order valence-corrected chi connectivity index (χ2v) is 6.86. The maximum atomic E-state index is 13.2. The molecule has 0 unspecified atom stereocenters. The molecular formula is C17H16F6N2S. The molecule has 142 valence electrons. The number of hydrogen-bond acceptors (Lipinski definition) is 3. The van der Waals surface area contributed by atoms with Crippen LogP contribution in [0.1, 0.15) is 28.3 Å². The summed E-state index contributed by atoms with van der Waals surface area (Å²) in [5.74, 6) is 0. The zero-order valence-electron chi connectivity index (χ0n) is 13.5. The molecule has 0 spiro atoms. The molecule has 0 radical (unpaired) electrons. The molecular weight excluding hydrogens is 378 g/mol. The Morgan fingerprint density at radius 1 is 0.885 bits per heavy atom. The van der Waals surface area contributed by atoms with Gasteiger partial charge in [-0.1, -0.05) is 0 Å². The Bertz CT molecular complexity index is 700. The lowest BCUT2D eigenvalue weighted by Crippen LogP contribution is -2.45. The molecule has 26 heavy (non-hydrogen) atoms. The quantitative estimate of drug-likeness (QED) is 0.754. The van der Waals surface area contributed by atoms with Crippen LogP contribution in [-0.2, 0) is 12.4 Å². The normalized spacial score (nSPS) is 18.1. The van der Waals surface area contributed by atoms with Crippen molar-refractivity contribution in [2.75, 3.05) is 26.2 Å². The molecule has 2 heterocycles. The number of nitrogens with one attached hydrogen (secondary N) is 1. The molecule has 2 aromatic rings. The van der Waals surface area contributed by atoms with Gasteiger partial charge in [0.1, 0.15) is 0 Å². The minimum absolute atomic E-state index is 0.00690. The first-order valence-electron chi connectivity index (χ1n) is 7.92. The summed E-state index contributed by atoms with van der Waals surface area (Å²) in [6.07, 6.45) is -9.70. The predicted molar refractivity (Wildman–Crippen MR) is 87.1 cm³/mol. The second kappa shape index (κ2) is 7.21. The zero-order chi connectivity index (χ0) is 18.9. The lowest BCUT2D eigenvalue weighted by molar-refractivity contribution is -0.143. The van der Waals surface area contributed by atoms with Crippen molar-refractivity contribution in [3.05, 3.63) is 57.3 Å². The van der Waals surface area contributed by atoms with Crippen LogP contribution >= 0.6 is 11.3 Å². The summed E-state index contributed by atoms with van der Waals surface area (Å²) in [6, 6.07) is 2.93. The molecule has 3 rings (SSSR count). The number of thiophene rings is 1. The molecule has 1 aromatic heterocycles. The Morgan fingerprint density at radius 3 is 1.92 bits per heavy atom. The molecule has 1 aliphatic heterocycles. The third-order valence-corrected chi connectivity index (χ3v) is 5.00. The van der Waals surface area contributed by atoms with Gasteiger partial charge in [-0.15, -0.1) is 0 Å². The van der Waals surface area contributed by atoms with Gasteiger partial charge in [-0.3, -0.25) is 4.90 Å². The molecule has 0 amide bonds. The van der Waals surface area contributed by atoms with Crippen LogP contribution in [0.15, 0.2) is 35.0 Å². The number of halogens is 6. The van der Waals surface area contributed by atoms with Crippen LogP contribution in [0.4, 0.5) is 26.3 Å². The van der Waals surface area contributed by atoms with Crippen molar-refractivity contribution in [3.8, 4) is 0 Å². The van der Waals surface area contributed by atoms with Crippen molar-refractivity contribution in [2.24, 2.45) is 0 Å². The summed E-state index contributed by atoms with van der Waals surface area (Å²) in [7, 11) is 0. The highest BCUT2D eigenvalue weighted by Gasteiger charge is 2.38. The van der Waals surface area contributed by atoms with Gasteiger partial charge >= 0.3 is 12.4 Å². The average molecular weight is 394 g/mol. The summed E-state index contributed by atoms with van der Waals surface area (Å²) < 4.78 is 79.2. The fourth-order valence-corrected chi connectivity index (χ4v) is 3.80. The van der Waals surface area contributed by atoms with Crippen molar-refractivity contribution in [1.82, 2.24) is 10.2 Å². The molecule has 9 heteroatoms. The lowest BCUT2D eigenvalue weighted by Gasteiger charge is -2.35. The number of rotatable bonds is 3. The standard InChI is InChI=1S/C17H16F6N2S/c18-16(19,20)13-7-12(8-14(9-13)17(21,22)23)15(11-1-6-26-10-11)25-4-2-24-3-5-25/h1,6-10,15,24H,2-5H2/t15-/m1/s1. The SMILES string of the molecule is FC(F)(F)c1cc([C@@H](c2ccsc2)N2CCNCC2)cc(C(F)(F)F)c1. The molecule has 2 nitrogen and oxygen atoms in total. The van der Waals surface area contributed by atoms with E-state index in [0.29, 0.717) is 31.7 Å². The van der Waals surface area contributed by atoms with Crippen LogP contribution in [0.3, 0.4) is 0 Å². The first-order chi connectivity index (χ1) is 12.2. The van der Waals surface area contributed by atoms with E-state index in [-0.39, 0.29) is 11.6 Å². The van der Waals surface area contributed by atoms with E-state index in [9.17, 15) is 26.3 Å². The van der Waals surface area contributed by atoms with E-state index < -0.39 is 29.5 Å². The molecule has 1 N–H and O–H groups in total. The number of alkyl halides is 6. The summed E-state index contributed by atoms with van der Waals surface area (Å²) >= 11 is 1.36.